The van der Waals surface area contributed by atoms with Gasteiger partial charge in [-0.2, -0.15) is 0 Å². The van der Waals surface area contributed by atoms with Crippen LogP contribution in [0.25, 0.3) is 11.1 Å². The van der Waals surface area contributed by atoms with Gasteiger partial charge in [-0.05, 0) is 59.2 Å². The van der Waals surface area contributed by atoms with Gasteiger partial charge in [-0.25, -0.2) is 4.39 Å². The Labute approximate surface area is 208 Å². The summed E-state index contributed by atoms with van der Waals surface area (Å²) in [5.41, 5.74) is 4.53. The van der Waals surface area contributed by atoms with E-state index in [0.29, 0.717) is 24.3 Å². The van der Waals surface area contributed by atoms with Crippen LogP contribution in [0.1, 0.15) is 26.4 Å². The SMILES string of the molecule is O=C(Nc1ccc(-c2cc[nH]c2)cc1)c1ccc(C(=O)N2CCN(Cc3ccc(F)cc3)CC2)cn1. The van der Waals surface area contributed by atoms with E-state index in [4.69, 9.17) is 0 Å². The molecule has 7 nitrogen and oxygen atoms in total. The molecular weight excluding hydrogens is 457 g/mol. The number of amides is 2. The molecule has 1 saturated heterocycles. The first kappa shape index (κ1) is 23.4. The number of aromatic nitrogens is 2. The molecule has 0 unspecified atom stereocenters. The van der Waals surface area contributed by atoms with Crippen LogP contribution < -0.4 is 5.32 Å². The Hall–Kier alpha value is -4.30. The second-order valence-corrected chi connectivity index (χ2v) is 8.76. The fraction of sp³-hybridized carbons (Fsp3) is 0.179. The summed E-state index contributed by atoms with van der Waals surface area (Å²) in [5, 5.41) is 2.84. The third-order valence-corrected chi connectivity index (χ3v) is 6.30. The number of rotatable bonds is 6. The number of benzene rings is 2. The van der Waals surface area contributed by atoms with Crippen molar-refractivity contribution in [2.45, 2.75) is 6.54 Å². The zero-order valence-electron chi connectivity index (χ0n) is 19.7. The van der Waals surface area contributed by atoms with Gasteiger partial charge in [-0.1, -0.05) is 24.3 Å². The Morgan fingerprint density at radius 1 is 0.889 bits per heavy atom. The van der Waals surface area contributed by atoms with Crippen molar-refractivity contribution in [3.05, 3.63) is 108 Å². The molecule has 2 aromatic heterocycles. The standard InChI is InChI=1S/C28H26FN5O2/c29-24-6-1-20(2-7-24)19-33-13-15-34(16-14-33)28(36)23-5-10-26(31-18-23)27(35)32-25-8-3-21(4-9-25)22-11-12-30-17-22/h1-12,17-18,30H,13-16,19H2,(H,32,35). The lowest BCUT2D eigenvalue weighted by Gasteiger charge is -2.34. The monoisotopic (exact) mass is 483 g/mol. The lowest BCUT2D eigenvalue weighted by Crippen LogP contribution is -2.48. The minimum absolute atomic E-state index is 0.101. The van der Waals surface area contributed by atoms with E-state index in [0.717, 1.165) is 36.3 Å². The zero-order valence-corrected chi connectivity index (χ0v) is 19.7. The molecule has 8 heteroatoms. The molecule has 0 atom stereocenters. The average Bonchev–Trinajstić information content (AvgIpc) is 3.46. The average molecular weight is 484 g/mol. The maximum absolute atomic E-state index is 13.1. The summed E-state index contributed by atoms with van der Waals surface area (Å²) in [5.74, 6) is -0.678. The summed E-state index contributed by atoms with van der Waals surface area (Å²) >= 11 is 0. The number of nitrogens with zero attached hydrogens (tertiary/aromatic N) is 3. The van der Waals surface area contributed by atoms with Gasteiger partial charge in [0.2, 0.25) is 0 Å². The molecule has 5 rings (SSSR count). The van der Waals surface area contributed by atoms with Crippen LogP contribution in [0.3, 0.4) is 0 Å². The first-order valence-corrected chi connectivity index (χ1v) is 11.8. The minimum Gasteiger partial charge on any atom is -0.367 e. The quantitative estimate of drug-likeness (QED) is 0.425. The van der Waals surface area contributed by atoms with Gasteiger partial charge in [0, 0.05) is 57.0 Å². The first-order valence-electron chi connectivity index (χ1n) is 11.8. The van der Waals surface area contributed by atoms with E-state index < -0.39 is 0 Å². The number of hydrogen-bond donors (Lipinski definition) is 2. The van der Waals surface area contributed by atoms with Gasteiger partial charge in [0.25, 0.3) is 11.8 Å². The Kier molecular flexibility index (Phi) is 6.86. The highest BCUT2D eigenvalue weighted by atomic mass is 19.1. The van der Waals surface area contributed by atoms with E-state index in [1.165, 1.54) is 18.3 Å². The largest absolute Gasteiger partial charge is 0.367 e. The summed E-state index contributed by atoms with van der Waals surface area (Å²) in [6.45, 7) is 3.39. The molecule has 0 bridgehead atoms. The number of aromatic amines is 1. The van der Waals surface area contributed by atoms with Crippen LogP contribution in [0.5, 0.6) is 0 Å². The van der Waals surface area contributed by atoms with Gasteiger partial charge >= 0.3 is 0 Å². The molecule has 2 N–H and O–H groups in total. The van der Waals surface area contributed by atoms with Crippen LogP contribution in [0.15, 0.2) is 85.3 Å². The molecule has 2 aromatic carbocycles. The van der Waals surface area contributed by atoms with E-state index >= 15 is 0 Å². The van der Waals surface area contributed by atoms with Crippen molar-refractivity contribution >= 4 is 17.5 Å². The maximum atomic E-state index is 13.1. The van der Waals surface area contributed by atoms with E-state index in [-0.39, 0.29) is 23.3 Å². The van der Waals surface area contributed by atoms with Gasteiger partial charge in [0.05, 0.1) is 5.56 Å². The summed E-state index contributed by atoms with van der Waals surface area (Å²) < 4.78 is 13.1. The summed E-state index contributed by atoms with van der Waals surface area (Å²) in [4.78, 5) is 36.8. The van der Waals surface area contributed by atoms with Gasteiger partial charge < -0.3 is 15.2 Å². The summed E-state index contributed by atoms with van der Waals surface area (Å²) in [6, 6.07) is 19.3. The molecule has 1 aliphatic rings. The molecule has 1 fully saturated rings. The number of nitrogens with one attached hydrogen (secondary N) is 2. The number of carbonyl (C=O) groups excluding carboxylic acids is 2. The highest BCUT2D eigenvalue weighted by molar-refractivity contribution is 6.03. The summed E-state index contributed by atoms with van der Waals surface area (Å²) in [6.07, 6.45) is 5.23. The smallest absolute Gasteiger partial charge is 0.274 e. The molecular formula is C28H26FN5O2. The van der Waals surface area contributed by atoms with Crippen molar-refractivity contribution in [3.63, 3.8) is 0 Å². The number of carbonyl (C=O) groups is 2. The van der Waals surface area contributed by atoms with Crippen molar-refractivity contribution in [1.82, 2.24) is 19.8 Å². The molecule has 3 heterocycles. The molecule has 0 radical (unpaired) electrons. The lowest BCUT2D eigenvalue weighted by atomic mass is 10.1. The van der Waals surface area contributed by atoms with Crippen molar-refractivity contribution in [3.8, 4) is 11.1 Å². The van der Waals surface area contributed by atoms with Gasteiger partial charge in [0.15, 0.2) is 0 Å². The number of H-pyrrole nitrogens is 1. The van der Waals surface area contributed by atoms with Gasteiger partial charge in [0.1, 0.15) is 11.5 Å². The Morgan fingerprint density at radius 3 is 2.28 bits per heavy atom. The molecule has 0 aliphatic carbocycles. The zero-order chi connectivity index (χ0) is 24.9. The van der Waals surface area contributed by atoms with Crippen molar-refractivity contribution in [2.75, 3.05) is 31.5 Å². The predicted molar refractivity (Wildman–Crippen MR) is 136 cm³/mol. The number of anilines is 1. The minimum atomic E-state index is -0.335. The number of piperazine rings is 1. The normalized spacial score (nSPS) is 14.0. The number of halogens is 1. The first-order chi connectivity index (χ1) is 17.5. The third kappa shape index (κ3) is 5.50. The van der Waals surface area contributed by atoms with Crippen LogP contribution >= 0.6 is 0 Å². The van der Waals surface area contributed by atoms with Crippen LogP contribution in [0, 0.1) is 5.82 Å². The lowest BCUT2D eigenvalue weighted by molar-refractivity contribution is 0.0627. The molecule has 36 heavy (non-hydrogen) atoms. The van der Waals surface area contributed by atoms with Gasteiger partial charge in [-0.15, -0.1) is 0 Å². The van der Waals surface area contributed by atoms with Crippen LogP contribution in [-0.4, -0.2) is 57.8 Å². The second kappa shape index (κ2) is 10.5. The fourth-order valence-electron chi connectivity index (χ4n) is 4.24. The highest BCUT2D eigenvalue weighted by Gasteiger charge is 2.23. The number of pyridine rings is 1. The number of hydrogen-bond acceptors (Lipinski definition) is 4. The van der Waals surface area contributed by atoms with Crippen LogP contribution in [0.4, 0.5) is 10.1 Å². The third-order valence-electron chi connectivity index (χ3n) is 6.30. The second-order valence-electron chi connectivity index (χ2n) is 8.76. The Bertz CT molecular complexity index is 1310. The van der Waals surface area contributed by atoms with Crippen molar-refractivity contribution < 1.29 is 14.0 Å². The molecule has 2 amide bonds. The molecule has 0 spiro atoms. The van der Waals surface area contributed by atoms with E-state index in [1.807, 2.05) is 42.7 Å². The van der Waals surface area contributed by atoms with Gasteiger partial charge in [-0.3, -0.25) is 19.5 Å². The molecule has 1 aliphatic heterocycles. The molecule has 182 valence electrons. The maximum Gasteiger partial charge on any atom is 0.274 e. The fourth-order valence-corrected chi connectivity index (χ4v) is 4.24. The van der Waals surface area contributed by atoms with Crippen LogP contribution in [-0.2, 0) is 6.54 Å². The molecule has 0 saturated carbocycles. The topological polar surface area (TPSA) is 81.3 Å². The van der Waals surface area contributed by atoms with Crippen molar-refractivity contribution in [2.24, 2.45) is 0 Å². The van der Waals surface area contributed by atoms with E-state index in [2.05, 4.69) is 20.2 Å². The van der Waals surface area contributed by atoms with Crippen molar-refractivity contribution in [1.29, 1.82) is 0 Å². The highest BCUT2D eigenvalue weighted by Crippen LogP contribution is 2.21. The Morgan fingerprint density at radius 2 is 1.64 bits per heavy atom. The van der Waals surface area contributed by atoms with E-state index in [9.17, 15) is 14.0 Å². The van der Waals surface area contributed by atoms with E-state index in [1.54, 1.807) is 29.2 Å². The Balaban J connectivity index is 1.13. The van der Waals surface area contributed by atoms with Crippen LogP contribution in [0.2, 0.25) is 0 Å². The molecule has 4 aromatic rings. The predicted octanol–water partition coefficient (Wildman–Crippen LogP) is 4.43. The summed E-state index contributed by atoms with van der Waals surface area (Å²) in [7, 11) is 0.